The lowest BCUT2D eigenvalue weighted by Crippen LogP contribution is -2.24. The van der Waals surface area contributed by atoms with Gasteiger partial charge in [0.25, 0.3) is 0 Å². The van der Waals surface area contributed by atoms with Gasteiger partial charge in [0.05, 0.1) is 38.7 Å². The first kappa shape index (κ1) is 21.5. The first-order valence-electron chi connectivity index (χ1n) is 10.9. The Hall–Kier alpha value is -2.33. The smallest absolute Gasteiger partial charge is 0.242 e. The summed E-state index contributed by atoms with van der Waals surface area (Å²) >= 11 is 1.78. The minimum absolute atomic E-state index is 0.274. The molecule has 0 radical (unpaired) electrons. The van der Waals surface area contributed by atoms with Gasteiger partial charge in [0, 0.05) is 20.6 Å². The summed E-state index contributed by atoms with van der Waals surface area (Å²) in [7, 11) is -0.398. The van der Waals surface area contributed by atoms with Gasteiger partial charge in [-0.2, -0.15) is 0 Å². The van der Waals surface area contributed by atoms with Crippen LogP contribution in [-0.2, 0) is 23.1 Å². The number of imidazole rings is 1. The van der Waals surface area contributed by atoms with E-state index in [4.69, 9.17) is 9.97 Å². The number of aromatic nitrogens is 3. The van der Waals surface area contributed by atoms with Crippen LogP contribution >= 0.6 is 11.3 Å². The molecule has 5 rings (SSSR count). The van der Waals surface area contributed by atoms with E-state index in [-0.39, 0.29) is 4.90 Å². The number of aryl methyl sites for hydroxylation is 1. The van der Waals surface area contributed by atoms with Gasteiger partial charge in [-0.3, -0.25) is 4.90 Å². The first-order chi connectivity index (χ1) is 15.4. The molecule has 9 heteroatoms. The van der Waals surface area contributed by atoms with Crippen molar-refractivity contribution in [1.82, 2.24) is 23.7 Å². The zero-order valence-electron chi connectivity index (χ0n) is 18.5. The van der Waals surface area contributed by atoms with Crippen LogP contribution in [0.4, 0.5) is 0 Å². The third-order valence-corrected chi connectivity index (χ3v) is 9.15. The zero-order valence-corrected chi connectivity index (χ0v) is 20.2. The van der Waals surface area contributed by atoms with E-state index in [9.17, 15) is 8.42 Å². The number of thiazole rings is 1. The minimum Gasteiger partial charge on any atom is -0.327 e. The van der Waals surface area contributed by atoms with Crippen molar-refractivity contribution in [2.24, 2.45) is 0 Å². The molecule has 2 aromatic carbocycles. The monoisotopic (exact) mass is 469 g/mol. The van der Waals surface area contributed by atoms with Gasteiger partial charge in [-0.05, 0) is 56.6 Å². The van der Waals surface area contributed by atoms with E-state index in [2.05, 4.69) is 34.6 Å². The van der Waals surface area contributed by atoms with Crippen molar-refractivity contribution in [3.05, 3.63) is 53.3 Å². The Balaban J connectivity index is 1.48. The summed E-state index contributed by atoms with van der Waals surface area (Å²) < 4.78 is 29.8. The summed E-state index contributed by atoms with van der Waals surface area (Å²) in [6.07, 6.45) is 2.23. The van der Waals surface area contributed by atoms with Crippen LogP contribution in [0.3, 0.4) is 0 Å². The number of fused-ring (bicyclic) bond motifs is 2. The summed E-state index contributed by atoms with van der Waals surface area (Å²) in [5, 5.41) is 1.17. The second-order valence-corrected chi connectivity index (χ2v) is 11.6. The summed E-state index contributed by atoms with van der Waals surface area (Å²) in [6, 6.07) is 13.8. The van der Waals surface area contributed by atoms with Gasteiger partial charge >= 0.3 is 0 Å². The Labute approximate surface area is 192 Å². The molecule has 0 N–H and O–H groups in total. The number of benzene rings is 2. The van der Waals surface area contributed by atoms with E-state index in [1.165, 1.54) is 14.0 Å². The van der Waals surface area contributed by atoms with E-state index in [1.54, 1.807) is 37.6 Å². The van der Waals surface area contributed by atoms with Gasteiger partial charge in [0.1, 0.15) is 10.8 Å². The van der Waals surface area contributed by atoms with Crippen LogP contribution < -0.4 is 0 Å². The fourth-order valence-corrected chi connectivity index (χ4v) is 6.57. The highest BCUT2D eigenvalue weighted by molar-refractivity contribution is 7.89. The molecule has 1 aliphatic heterocycles. The predicted octanol–water partition coefficient (Wildman–Crippen LogP) is 4.25. The molecule has 0 unspecified atom stereocenters. The highest BCUT2D eigenvalue weighted by Gasteiger charge is 2.30. The molecule has 168 valence electrons. The fraction of sp³-hybridized carbons (Fsp3) is 0.391. The van der Waals surface area contributed by atoms with Crippen molar-refractivity contribution in [2.75, 3.05) is 20.6 Å². The van der Waals surface area contributed by atoms with Crippen molar-refractivity contribution in [3.8, 4) is 0 Å². The third kappa shape index (κ3) is 3.63. The van der Waals surface area contributed by atoms with Gasteiger partial charge in [-0.15, -0.1) is 11.3 Å². The number of nitrogens with zero attached hydrogens (tertiary/aromatic N) is 5. The fourth-order valence-electron chi connectivity index (χ4n) is 4.51. The predicted molar refractivity (Wildman–Crippen MR) is 128 cm³/mol. The van der Waals surface area contributed by atoms with Crippen molar-refractivity contribution in [1.29, 1.82) is 0 Å². The average Bonchev–Trinajstić information content (AvgIpc) is 3.49. The van der Waals surface area contributed by atoms with Crippen LogP contribution in [0.25, 0.3) is 21.3 Å². The van der Waals surface area contributed by atoms with Gasteiger partial charge in [-0.1, -0.05) is 12.1 Å². The van der Waals surface area contributed by atoms with Crippen LogP contribution in [0.5, 0.6) is 0 Å². The lowest BCUT2D eigenvalue weighted by Gasteiger charge is -2.22. The number of rotatable bonds is 6. The molecule has 0 spiro atoms. The molecule has 0 saturated carbocycles. The Kier molecular flexibility index (Phi) is 5.53. The maximum atomic E-state index is 12.6. The Morgan fingerprint density at radius 3 is 2.69 bits per heavy atom. The Morgan fingerprint density at radius 2 is 1.94 bits per heavy atom. The lowest BCUT2D eigenvalue weighted by atomic mass is 10.2. The molecule has 2 aromatic heterocycles. The second kappa shape index (κ2) is 8.22. The summed E-state index contributed by atoms with van der Waals surface area (Å²) in [5.41, 5.74) is 2.76. The molecule has 3 heterocycles. The minimum atomic E-state index is -3.49. The molecular formula is C23H27N5O2S2. The maximum Gasteiger partial charge on any atom is 0.242 e. The lowest BCUT2D eigenvalue weighted by molar-refractivity contribution is 0.239. The molecule has 0 amide bonds. The second-order valence-electron chi connectivity index (χ2n) is 8.36. The van der Waals surface area contributed by atoms with Crippen LogP contribution in [0.2, 0.25) is 0 Å². The van der Waals surface area contributed by atoms with Crippen molar-refractivity contribution >= 4 is 42.6 Å². The molecular weight excluding hydrogens is 442 g/mol. The number of hydrogen-bond donors (Lipinski definition) is 0. The quantitative estimate of drug-likeness (QED) is 0.422. The Bertz CT molecular complexity index is 1360. The van der Waals surface area contributed by atoms with E-state index < -0.39 is 10.0 Å². The number of likely N-dealkylation sites (tertiary alicyclic amines) is 1. The SMILES string of the molecule is CCn1c(CN2CCC[C@@H]2c2nc3ccccc3s2)nc2cc(S(=O)(=O)N(C)C)ccc21. The van der Waals surface area contributed by atoms with Crippen molar-refractivity contribution in [3.63, 3.8) is 0 Å². The van der Waals surface area contributed by atoms with Crippen molar-refractivity contribution < 1.29 is 8.42 Å². The Morgan fingerprint density at radius 1 is 1.12 bits per heavy atom. The number of para-hydroxylation sites is 1. The molecule has 32 heavy (non-hydrogen) atoms. The zero-order chi connectivity index (χ0) is 22.5. The van der Waals surface area contributed by atoms with Gasteiger partial charge < -0.3 is 4.57 Å². The summed E-state index contributed by atoms with van der Waals surface area (Å²) in [4.78, 5) is 12.5. The van der Waals surface area contributed by atoms with Gasteiger partial charge in [0.2, 0.25) is 10.0 Å². The van der Waals surface area contributed by atoms with Gasteiger partial charge in [0.15, 0.2) is 0 Å². The van der Waals surface area contributed by atoms with Crippen LogP contribution in [0.15, 0.2) is 47.4 Å². The first-order valence-corrected chi connectivity index (χ1v) is 13.2. The highest BCUT2D eigenvalue weighted by atomic mass is 32.2. The van der Waals surface area contributed by atoms with Crippen LogP contribution in [0, 0.1) is 0 Å². The summed E-state index contributed by atoms with van der Waals surface area (Å²) in [5.74, 6) is 0.968. The molecule has 7 nitrogen and oxygen atoms in total. The topological polar surface area (TPSA) is 71.3 Å². The molecule has 1 fully saturated rings. The van der Waals surface area contributed by atoms with E-state index >= 15 is 0 Å². The molecule has 0 bridgehead atoms. The average molecular weight is 470 g/mol. The largest absolute Gasteiger partial charge is 0.327 e. The van der Waals surface area contributed by atoms with Crippen molar-refractivity contribution in [2.45, 2.75) is 43.8 Å². The number of sulfonamides is 1. The standard InChI is InChI=1S/C23H27N5O2S2/c1-4-28-19-12-11-16(32(29,30)26(2)3)14-18(19)24-22(28)15-27-13-7-9-20(27)23-25-17-8-5-6-10-21(17)31-23/h5-6,8,10-12,14,20H,4,7,9,13,15H2,1-3H3/t20-/m1/s1. The van der Waals surface area contributed by atoms with E-state index in [0.717, 1.165) is 54.9 Å². The molecule has 4 aromatic rings. The molecule has 1 atom stereocenters. The number of hydrogen-bond acceptors (Lipinski definition) is 6. The molecule has 0 aliphatic carbocycles. The van der Waals surface area contributed by atoms with E-state index in [0.29, 0.717) is 6.04 Å². The molecule has 1 saturated heterocycles. The maximum absolute atomic E-state index is 12.6. The van der Waals surface area contributed by atoms with Gasteiger partial charge in [-0.25, -0.2) is 22.7 Å². The van der Waals surface area contributed by atoms with Crippen LogP contribution in [0.1, 0.15) is 36.6 Å². The van der Waals surface area contributed by atoms with E-state index in [1.807, 2.05) is 12.1 Å². The normalized spacial score (nSPS) is 17.8. The van der Waals surface area contributed by atoms with Crippen LogP contribution in [-0.4, -0.2) is 52.8 Å². The molecule has 1 aliphatic rings. The third-order valence-electron chi connectivity index (χ3n) is 6.20. The summed E-state index contributed by atoms with van der Waals surface area (Å²) in [6.45, 7) is 4.61. The highest BCUT2D eigenvalue weighted by Crippen LogP contribution is 2.37.